The van der Waals surface area contributed by atoms with E-state index in [2.05, 4.69) is 33.1 Å². The van der Waals surface area contributed by atoms with Crippen LogP contribution >= 0.6 is 27.7 Å². The summed E-state index contributed by atoms with van der Waals surface area (Å²) in [5.41, 5.74) is 0.956. The molecule has 21 heavy (non-hydrogen) atoms. The molecule has 2 aromatic rings. The maximum Gasteiger partial charge on any atom is 0.276 e. The van der Waals surface area contributed by atoms with Gasteiger partial charge in [-0.25, -0.2) is 0 Å². The molecule has 0 atom stereocenters. The summed E-state index contributed by atoms with van der Waals surface area (Å²) in [4.78, 5) is 0. The van der Waals surface area contributed by atoms with Crippen LogP contribution in [-0.4, -0.2) is 16.0 Å². The van der Waals surface area contributed by atoms with Crippen LogP contribution in [0.5, 0.6) is 0 Å². The summed E-state index contributed by atoms with van der Waals surface area (Å²) in [7, 11) is 0. The van der Waals surface area contributed by atoms with Gasteiger partial charge in [0.05, 0.1) is 0 Å². The lowest BCUT2D eigenvalue weighted by atomic mass is 10.1. The molecule has 0 aliphatic carbocycles. The van der Waals surface area contributed by atoms with E-state index < -0.39 is 0 Å². The molecule has 1 aromatic heterocycles. The van der Waals surface area contributed by atoms with Crippen LogP contribution in [0.1, 0.15) is 45.4 Å². The van der Waals surface area contributed by atoms with Crippen molar-refractivity contribution in [2.75, 3.05) is 5.75 Å². The predicted octanol–water partition coefficient (Wildman–Crippen LogP) is 5.95. The SMILES string of the molecule is CCCCCCCCSc1nnc(-c2ccc(Br)cc2)o1. The van der Waals surface area contributed by atoms with E-state index in [1.165, 1.54) is 38.5 Å². The minimum Gasteiger partial charge on any atom is -0.411 e. The summed E-state index contributed by atoms with van der Waals surface area (Å²) >= 11 is 5.07. The molecule has 0 fully saturated rings. The van der Waals surface area contributed by atoms with Gasteiger partial charge in [-0.1, -0.05) is 66.7 Å². The van der Waals surface area contributed by atoms with E-state index in [1.54, 1.807) is 11.8 Å². The average Bonchev–Trinajstić information content (AvgIpc) is 2.96. The predicted molar refractivity (Wildman–Crippen MR) is 91.5 cm³/mol. The van der Waals surface area contributed by atoms with Crippen molar-refractivity contribution in [3.05, 3.63) is 28.7 Å². The van der Waals surface area contributed by atoms with Gasteiger partial charge in [-0.05, 0) is 30.7 Å². The molecule has 0 saturated heterocycles. The summed E-state index contributed by atoms with van der Waals surface area (Å²) in [6.45, 7) is 2.24. The van der Waals surface area contributed by atoms with Crippen LogP contribution < -0.4 is 0 Å². The Bertz CT molecular complexity index is 527. The van der Waals surface area contributed by atoms with Gasteiger partial charge < -0.3 is 4.42 Å². The van der Waals surface area contributed by atoms with Gasteiger partial charge in [-0.15, -0.1) is 10.2 Å². The van der Waals surface area contributed by atoms with E-state index in [4.69, 9.17) is 4.42 Å². The second kappa shape index (κ2) is 9.26. The van der Waals surface area contributed by atoms with Crippen molar-refractivity contribution in [2.24, 2.45) is 0 Å². The third kappa shape index (κ3) is 5.83. The number of thioether (sulfide) groups is 1. The lowest BCUT2D eigenvalue weighted by molar-refractivity contribution is 0.465. The Morgan fingerprint density at radius 3 is 2.48 bits per heavy atom. The van der Waals surface area contributed by atoms with Gasteiger partial charge in [0.15, 0.2) is 0 Å². The molecule has 1 aromatic carbocycles. The van der Waals surface area contributed by atoms with Crippen LogP contribution in [0, 0.1) is 0 Å². The zero-order chi connectivity index (χ0) is 14.9. The third-order valence-electron chi connectivity index (χ3n) is 3.22. The highest BCUT2D eigenvalue weighted by Crippen LogP contribution is 2.25. The fraction of sp³-hybridized carbons (Fsp3) is 0.500. The van der Waals surface area contributed by atoms with E-state index in [-0.39, 0.29) is 0 Å². The fourth-order valence-corrected chi connectivity index (χ4v) is 3.04. The Labute approximate surface area is 139 Å². The second-order valence-corrected chi connectivity index (χ2v) is 6.96. The van der Waals surface area contributed by atoms with Crippen LogP contribution in [0.15, 0.2) is 38.4 Å². The number of hydrogen-bond acceptors (Lipinski definition) is 4. The molecule has 1 heterocycles. The van der Waals surface area contributed by atoms with E-state index >= 15 is 0 Å². The first-order chi connectivity index (χ1) is 10.3. The van der Waals surface area contributed by atoms with Crippen LogP contribution in [0.2, 0.25) is 0 Å². The van der Waals surface area contributed by atoms with Gasteiger partial charge in [0.25, 0.3) is 5.22 Å². The number of unbranched alkanes of at least 4 members (excludes halogenated alkanes) is 5. The molecular formula is C16H21BrN2OS. The number of halogens is 1. The first kappa shape index (κ1) is 16.6. The second-order valence-electron chi connectivity index (χ2n) is 5.00. The van der Waals surface area contributed by atoms with Gasteiger partial charge in [-0.3, -0.25) is 0 Å². The summed E-state index contributed by atoms with van der Waals surface area (Å²) in [5.74, 6) is 1.64. The smallest absolute Gasteiger partial charge is 0.276 e. The molecule has 0 N–H and O–H groups in total. The Balaban J connectivity index is 1.72. The maximum atomic E-state index is 5.68. The highest BCUT2D eigenvalue weighted by atomic mass is 79.9. The van der Waals surface area contributed by atoms with Crippen LogP contribution in [0.25, 0.3) is 11.5 Å². The summed E-state index contributed by atoms with van der Waals surface area (Å²) in [6, 6.07) is 7.89. The molecule has 0 aliphatic heterocycles. The minimum atomic E-state index is 0.591. The Morgan fingerprint density at radius 1 is 1.00 bits per heavy atom. The van der Waals surface area contributed by atoms with Crippen molar-refractivity contribution in [1.82, 2.24) is 10.2 Å². The van der Waals surface area contributed by atoms with Crippen molar-refractivity contribution < 1.29 is 4.42 Å². The monoisotopic (exact) mass is 368 g/mol. The lowest BCUT2D eigenvalue weighted by Gasteiger charge is -1.99. The van der Waals surface area contributed by atoms with E-state index in [9.17, 15) is 0 Å². The molecular weight excluding hydrogens is 348 g/mol. The number of nitrogens with zero attached hydrogens (tertiary/aromatic N) is 2. The standard InChI is InChI=1S/C16H21BrN2OS/c1-2-3-4-5-6-7-12-21-16-19-18-15(20-16)13-8-10-14(17)11-9-13/h8-11H,2-7,12H2,1H3. The van der Waals surface area contributed by atoms with Crippen LogP contribution in [0.3, 0.4) is 0 Å². The molecule has 0 bridgehead atoms. The van der Waals surface area contributed by atoms with Crippen molar-refractivity contribution in [3.63, 3.8) is 0 Å². The maximum absolute atomic E-state index is 5.68. The summed E-state index contributed by atoms with van der Waals surface area (Å²) in [6.07, 6.45) is 7.85. The molecule has 3 nitrogen and oxygen atoms in total. The normalized spacial score (nSPS) is 11.0. The van der Waals surface area contributed by atoms with Crippen molar-refractivity contribution in [1.29, 1.82) is 0 Å². The number of rotatable bonds is 9. The van der Waals surface area contributed by atoms with Crippen LogP contribution in [-0.2, 0) is 0 Å². The molecule has 2 rings (SSSR count). The molecule has 0 radical (unpaired) electrons. The van der Waals surface area contributed by atoms with Crippen molar-refractivity contribution in [2.45, 2.75) is 50.7 Å². The Hall–Kier alpha value is -0.810. The highest BCUT2D eigenvalue weighted by Gasteiger charge is 2.08. The Kier molecular flexibility index (Phi) is 7.30. The Morgan fingerprint density at radius 2 is 1.71 bits per heavy atom. The van der Waals surface area contributed by atoms with E-state index in [1.807, 2.05) is 24.3 Å². The van der Waals surface area contributed by atoms with E-state index in [0.29, 0.717) is 11.1 Å². The molecule has 114 valence electrons. The minimum absolute atomic E-state index is 0.591. The average molecular weight is 369 g/mol. The third-order valence-corrected chi connectivity index (χ3v) is 4.65. The zero-order valence-corrected chi connectivity index (χ0v) is 14.8. The highest BCUT2D eigenvalue weighted by molar-refractivity contribution is 9.10. The topological polar surface area (TPSA) is 38.9 Å². The number of hydrogen-bond donors (Lipinski definition) is 0. The zero-order valence-electron chi connectivity index (χ0n) is 12.3. The van der Waals surface area contributed by atoms with Crippen LogP contribution in [0.4, 0.5) is 0 Å². The molecule has 0 spiro atoms. The molecule has 0 aliphatic rings. The van der Waals surface area contributed by atoms with Crippen molar-refractivity contribution in [3.8, 4) is 11.5 Å². The van der Waals surface area contributed by atoms with E-state index in [0.717, 1.165) is 15.8 Å². The molecule has 0 saturated carbocycles. The molecule has 0 unspecified atom stereocenters. The van der Waals surface area contributed by atoms with Gasteiger partial charge in [0.2, 0.25) is 5.89 Å². The van der Waals surface area contributed by atoms with Gasteiger partial charge >= 0.3 is 0 Å². The molecule has 0 amide bonds. The largest absolute Gasteiger partial charge is 0.411 e. The van der Waals surface area contributed by atoms with Crippen molar-refractivity contribution >= 4 is 27.7 Å². The summed E-state index contributed by atoms with van der Waals surface area (Å²) in [5, 5.41) is 8.87. The van der Waals surface area contributed by atoms with Gasteiger partial charge in [-0.2, -0.15) is 0 Å². The summed E-state index contributed by atoms with van der Waals surface area (Å²) < 4.78 is 6.72. The lowest BCUT2D eigenvalue weighted by Crippen LogP contribution is -1.82. The first-order valence-corrected chi connectivity index (χ1v) is 9.29. The number of benzene rings is 1. The number of aromatic nitrogens is 2. The fourth-order valence-electron chi connectivity index (χ4n) is 2.02. The quantitative estimate of drug-likeness (QED) is 0.404. The first-order valence-electron chi connectivity index (χ1n) is 7.52. The van der Waals surface area contributed by atoms with Gasteiger partial charge in [0, 0.05) is 15.8 Å². The van der Waals surface area contributed by atoms with Gasteiger partial charge in [0.1, 0.15) is 0 Å². The molecule has 5 heteroatoms.